The zero-order valence-electron chi connectivity index (χ0n) is 12.2. The van der Waals surface area contributed by atoms with E-state index < -0.39 is 0 Å². The van der Waals surface area contributed by atoms with Crippen LogP contribution >= 0.6 is 0 Å². The third-order valence-corrected chi connectivity index (χ3v) is 0.852. The number of aryl methyl sites for hydroxylation is 1. The van der Waals surface area contributed by atoms with Crippen molar-refractivity contribution in [2.75, 3.05) is 0 Å². The summed E-state index contributed by atoms with van der Waals surface area (Å²) >= 11 is 0. The van der Waals surface area contributed by atoms with E-state index in [-0.39, 0.29) is 67.7 Å². The summed E-state index contributed by atoms with van der Waals surface area (Å²) in [4.78, 5) is 13.6. The van der Waals surface area contributed by atoms with Gasteiger partial charge in [0.1, 0.15) is 6.33 Å². The maximum Gasteiger partial charge on any atom is 0.190 e. The SMILES string of the molecule is Cn1ncnc1C=O.N.N.N.N.N.N.N.N.N.N.N. The van der Waals surface area contributed by atoms with E-state index in [1.807, 2.05) is 0 Å². The third-order valence-electron chi connectivity index (χ3n) is 0.852. The van der Waals surface area contributed by atoms with Crippen molar-refractivity contribution in [3.05, 3.63) is 12.2 Å². The van der Waals surface area contributed by atoms with Crippen LogP contribution < -0.4 is 67.7 Å². The van der Waals surface area contributed by atoms with Crippen LogP contribution in [-0.4, -0.2) is 21.1 Å². The van der Waals surface area contributed by atoms with E-state index in [1.165, 1.54) is 11.0 Å². The van der Waals surface area contributed by atoms with Crippen LogP contribution in [0.2, 0.25) is 0 Å². The molecule has 0 fully saturated rings. The van der Waals surface area contributed by atoms with Gasteiger partial charge in [-0.2, -0.15) is 5.10 Å². The highest BCUT2D eigenvalue weighted by Crippen LogP contribution is 1.81. The molecule has 0 bridgehead atoms. The minimum Gasteiger partial charge on any atom is -0.344 e. The van der Waals surface area contributed by atoms with Crippen molar-refractivity contribution in [3.63, 3.8) is 0 Å². The Labute approximate surface area is 114 Å². The number of nitrogens with zero attached hydrogens (tertiary/aromatic N) is 3. The lowest BCUT2D eigenvalue weighted by molar-refractivity contribution is 0.111. The molecule has 0 aliphatic heterocycles. The Bertz CT molecular complexity index is 201. The molecule has 33 N–H and O–H groups in total. The molecule has 1 aromatic heterocycles. The van der Waals surface area contributed by atoms with Gasteiger partial charge in [-0.15, -0.1) is 0 Å². The van der Waals surface area contributed by atoms with Gasteiger partial charge in [-0.1, -0.05) is 0 Å². The average molecular weight is 298 g/mol. The van der Waals surface area contributed by atoms with Crippen LogP contribution in [0, 0.1) is 0 Å². The highest BCUT2D eigenvalue weighted by atomic mass is 16.1. The normalized spacial score (nSPS) is 3.84. The second-order valence-electron chi connectivity index (χ2n) is 1.36. The van der Waals surface area contributed by atoms with Gasteiger partial charge < -0.3 is 67.7 Å². The summed E-state index contributed by atoms with van der Waals surface area (Å²) in [6.07, 6.45) is 2.00. The Balaban J connectivity index is -0.00000000646. The van der Waals surface area contributed by atoms with Gasteiger partial charge in [0, 0.05) is 7.05 Å². The Morgan fingerprint density at radius 2 is 1.16 bits per heavy atom. The summed E-state index contributed by atoms with van der Waals surface area (Å²) in [5, 5.41) is 3.66. The highest BCUT2D eigenvalue weighted by Gasteiger charge is 1.92. The van der Waals surface area contributed by atoms with Gasteiger partial charge in [0.15, 0.2) is 12.1 Å². The van der Waals surface area contributed by atoms with E-state index in [2.05, 4.69) is 10.1 Å². The fourth-order valence-corrected chi connectivity index (χ4v) is 0.412. The van der Waals surface area contributed by atoms with Crippen LogP contribution in [0.1, 0.15) is 10.6 Å². The molecule has 0 saturated carbocycles. The van der Waals surface area contributed by atoms with E-state index in [9.17, 15) is 4.79 Å². The molecule has 0 saturated heterocycles. The lowest BCUT2D eigenvalue weighted by atomic mass is 10.7. The Morgan fingerprint density at radius 3 is 1.26 bits per heavy atom. The lowest BCUT2D eigenvalue weighted by Crippen LogP contribution is -1.96. The quantitative estimate of drug-likeness (QED) is 0.326. The number of carbonyl (C=O) groups is 1. The number of aldehydes is 1. The molecule has 1 rings (SSSR count). The average Bonchev–Trinajstić information content (AvgIpc) is 2.14. The summed E-state index contributed by atoms with van der Waals surface area (Å²) in [6.45, 7) is 0. The number of aromatic nitrogens is 3. The van der Waals surface area contributed by atoms with Crippen molar-refractivity contribution in [1.82, 2.24) is 82.4 Å². The second kappa shape index (κ2) is 55.2. The molecule has 0 aromatic carbocycles. The van der Waals surface area contributed by atoms with Gasteiger partial charge in [0.2, 0.25) is 0 Å². The summed E-state index contributed by atoms with van der Waals surface area (Å²) in [6, 6.07) is 0. The molecule has 19 heavy (non-hydrogen) atoms. The summed E-state index contributed by atoms with van der Waals surface area (Å²) in [5.74, 6) is 0.352. The minimum absolute atomic E-state index is 0. The molecule has 1 heterocycles. The molecule has 0 unspecified atom stereocenters. The first-order chi connectivity index (χ1) is 3.84. The molecule has 15 heteroatoms. The highest BCUT2D eigenvalue weighted by molar-refractivity contribution is 5.68. The van der Waals surface area contributed by atoms with Crippen LogP contribution in [0.3, 0.4) is 0 Å². The van der Waals surface area contributed by atoms with Gasteiger partial charge >= 0.3 is 0 Å². The number of carbonyl (C=O) groups excluding carboxylic acids is 1. The fraction of sp³-hybridized carbons (Fsp3) is 0.250. The Kier molecular flexibility index (Phi) is 333. The molecule has 0 radical (unpaired) electrons. The maximum atomic E-state index is 9.97. The van der Waals surface area contributed by atoms with E-state index in [0.29, 0.717) is 12.1 Å². The van der Waals surface area contributed by atoms with Crippen LogP contribution in [-0.2, 0) is 7.05 Å². The van der Waals surface area contributed by atoms with Gasteiger partial charge in [-0.3, -0.25) is 4.79 Å². The van der Waals surface area contributed by atoms with Crippen molar-refractivity contribution in [2.45, 2.75) is 0 Å². The molecule has 0 aliphatic rings. The third kappa shape index (κ3) is 31.4. The maximum absolute atomic E-state index is 9.97. The van der Waals surface area contributed by atoms with Crippen molar-refractivity contribution in [2.24, 2.45) is 7.05 Å². The molecule has 15 nitrogen and oxygen atoms in total. The van der Waals surface area contributed by atoms with Crippen molar-refractivity contribution in [3.8, 4) is 0 Å². The van der Waals surface area contributed by atoms with E-state index in [0.717, 1.165) is 0 Å². The van der Waals surface area contributed by atoms with Crippen LogP contribution in [0.15, 0.2) is 6.33 Å². The molecule has 0 atom stereocenters. The van der Waals surface area contributed by atoms with Gasteiger partial charge in [0.25, 0.3) is 0 Å². The monoisotopic (exact) mass is 298 g/mol. The van der Waals surface area contributed by atoms with Gasteiger partial charge in [0.05, 0.1) is 0 Å². The zero-order valence-corrected chi connectivity index (χ0v) is 12.2. The first-order valence-corrected chi connectivity index (χ1v) is 2.14. The minimum atomic E-state index is 0. The molecular weight excluding hydrogens is 260 g/mol. The molecular formula is C4H38N14O. The summed E-state index contributed by atoms with van der Waals surface area (Å²) < 4.78 is 1.41. The molecule has 1 aromatic rings. The lowest BCUT2D eigenvalue weighted by Gasteiger charge is -1.83. The predicted octanol–water partition coefficient (Wildman–Crippen LogP) is 1.41. The largest absolute Gasteiger partial charge is 0.344 e. The zero-order chi connectivity index (χ0) is 5.98. The van der Waals surface area contributed by atoms with Crippen molar-refractivity contribution in [1.29, 1.82) is 0 Å². The molecule has 0 spiro atoms. The number of hydrogen-bond acceptors (Lipinski definition) is 14. The smallest absolute Gasteiger partial charge is 0.190 e. The fourth-order valence-electron chi connectivity index (χ4n) is 0.412. The molecule has 130 valence electrons. The topological polar surface area (TPSA) is 433 Å². The van der Waals surface area contributed by atoms with Gasteiger partial charge in [-0.05, 0) is 0 Å². The van der Waals surface area contributed by atoms with E-state index in [4.69, 9.17) is 0 Å². The van der Waals surface area contributed by atoms with Crippen LogP contribution in [0.25, 0.3) is 0 Å². The number of hydrogen-bond donors (Lipinski definition) is 11. The van der Waals surface area contributed by atoms with E-state index in [1.54, 1.807) is 7.05 Å². The first kappa shape index (κ1) is 115. The number of rotatable bonds is 1. The molecule has 0 aliphatic carbocycles. The summed E-state index contributed by atoms with van der Waals surface area (Å²) in [5.41, 5.74) is 0. The van der Waals surface area contributed by atoms with Crippen LogP contribution in [0.4, 0.5) is 0 Å². The van der Waals surface area contributed by atoms with Crippen LogP contribution in [0.5, 0.6) is 0 Å². The molecule has 0 amide bonds. The Morgan fingerprint density at radius 1 is 0.842 bits per heavy atom. The Hall–Kier alpha value is -1.63. The second-order valence-corrected chi connectivity index (χ2v) is 1.36. The predicted molar refractivity (Wildman–Crippen MR) is 81.6 cm³/mol. The van der Waals surface area contributed by atoms with Gasteiger partial charge in [-0.25, -0.2) is 9.67 Å². The first-order valence-electron chi connectivity index (χ1n) is 2.14. The van der Waals surface area contributed by atoms with Crippen molar-refractivity contribution >= 4 is 6.29 Å². The summed E-state index contributed by atoms with van der Waals surface area (Å²) in [7, 11) is 1.66. The van der Waals surface area contributed by atoms with Crippen molar-refractivity contribution < 1.29 is 4.79 Å². The standard InChI is InChI=1S/C4H5N3O.11H3N/c1-7-4(2-8)5-3-6-7;;;;;;;;;;;/h2-3H,1H3;11*1H3. The van der Waals surface area contributed by atoms with E-state index >= 15 is 0 Å².